The number of carbonyl (C=O) groups is 2. The minimum Gasteiger partial charge on any atom is -0.478 e. The van der Waals surface area contributed by atoms with Crippen LogP contribution in [0.1, 0.15) is 30.3 Å². The number of ether oxygens (including phenoxy) is 1. The molecule has 30 heavy (non-hydrogen) atoms. The van der Waals surface area contributed by atoms with Gasteiger partial charge in [-0.15, -0.1) is 0 Å². The summed E-state index contributed by atoms with van der Waals surface area (Å²) in [7, 11) is -4.03. The first-order valence-corrected chi connectivity index (χ1v) is 11.0. The van der Waals surface area contributed by atoms with E-state index in [-0.39, 0.29) is 18.1 Å². The van der Waals surface area contributed by atoms with Gasteiger partial charge >= 0.3 is 5.97 Å². The van der Waals surface area contributed by atoms with Crippen LogP contribution in [0.5, 0.6) is 0 Å². The molecule has 2 heterocycles. The molecule has 0 saturated heterocycles. The molecule has 14 heteroatoms. The molecule has 1 aromatic heterocycles. The van der Waals surface area contributed by atoms with E-state index in [1.165, 1.54) is 12.3 Å². The van der Waals surface area contributed by atoms with E-state index >= 15 is 0 Å². The molecule has 1 atom stereocenters. The van der Waals surface area contributed by atoms with Crippen LogP contribution in [-0.2, 0) is 19.6 Å². The van der Waals surface area contributed by atoms with Crippen molar-refractivity contribution in [2.45, 2.75) is 25.4 Å². The molecule has 0 aliphatic carbocycles. The fourth-order valence-electron chi connectivity index (χ4n) is 2.47. The normalized spacial score (nSPS) is 15.7. The van der Waals surface area contributed by atoms with Gasteiger partial charge in [0, 0.05) is 19.2 Å². The highest BCUT2D eigenvalue weighted by Crippen LogP contribution is 2.10. The number of hydrogen-bond donors (Lipinski definition) is 5. The van der Waals surface area contributed by atoms with Crippen molar-refractivity contribution in [1.29, 1.82) is 0 Å². The predicted molar refractivity (Wildman–Crippen MR) is 105 cm³/mol. The molecule has 5 N–H and O–H groups in total. The number of carboxylic acid groups (broad SMARTS) is 1. The molecular weight excluding hydrogens is 420 g/mol. The summed E-state index contributed by atoms with van der Waals surface area (Å²) in [4.78, 5) is 28.5. The number of guanidine groups is 1. The van der Waals surface area contributed by atoms with E-state index in [2.05, 4.69) is 30.8 Å². The first kappa shape index (κ1) is 23.6. The minimum absolute atomic E-state index is 0.0323. The van der Waals surface area contributed by atoms with Crippen LogP contribution < -0.4 is 20.7 Å². The van der Waals surface area contributed by atoms with Crippen molar-refractivity contribution in [2.75, 3.05) is 38.6 Å². The van der Waals surface area contributed by atoms with Crippen molar-refractivity contribution in [3.8, 4) is 0 Å². The Morgan fingerprint density at radius 3 is 2.83 bits per heavy atom. The third kappa shape index (κ3) is 6.96. The Morgan fingerprint density at radius 2 is 2.23 bits per heavy atom. The number of unbranched alkanes of at least 4 members (excludes halogenated alkanes) is 1. The number of aliphatic imine (C=N–C) groups is 1. The number of amides is 1. The average Bonchev–Trinajstić information content (AvgIpc) is 3.39. The van der Waals surface area contributed by atoms with Gasteiger partial charge in [-0.2, -0.15) is 4.72 Å². The summed E-state index contributed by atoms with van der Waals surface area (Å²) in [5.41, 5.74) is -2.43. The van der Waals surface area contributed by atoms with Crippen LogP contribution >= 0.6 is 0 Å². The number of rotatable bonds is 13. The van der Waals surface area contributed by atoms with Gasteiger partial charge in [-0.1, -0.05) is 18.5 Å². The van der Waals surface area contributed by atoms with E-state index in [0.717, 1.165) is 6.54 Å². The molecule has 0 radical (unpaired) electrons. The lowest BCUT2D eigenvalue weighted by Crippen LogP contribution is -2.68. The van der Waals surface area contributed by atoms with Crippen LogP contribution in [0.3, 0.4) is 0 Å². The zero-order chi connectivity index (χ0) is 22.0. The Labute approximate surface area is 173 Å². The van der Waals surface area contributed by atoms with Crippen molar-refractivity contribution in [1.82, 2.24) is 25.8 Å². The van der Waals surface area contributed by atoms with Crippen LogP contribution in [0.4, 0.5) is 0 Å². The van der Waals surface area contributed by atoms with Gasteiger partial charge in [0.25, 0.3) is 5.91 Å². The van der Waals surface area contributed by atoms with E-state index in [1.807, 2.05) is 0 Å². The van der Waals surface area contributed by atoms with Gasteiger partial charge in [-0.05, 0) is 6.42 Å². The van der Waals surface area contributed by atoms with Gasteiger partial charge in [0.2, 0.25) is 21.4 Å². The monoisotopic (exact) mass is 446 g/mol. The number of carbonyl (C=O) groups excluding carboxylic acids is 1. The molecule has 1 unspecified atom stereocenters. The first-order chi connectivity index (χ1) is 14.3. The Kier molecular flexibility index (Phi) is 8.56. The fourth-order valence-corrected chi connectivity index (χ4v) is 3.97. The lowest BCUT2D eigenvalue weighted by Gasteiger charge is -2.30. The number of hydrogen-bond acceptors (Lipinski definition) is 10. The summed E-state index contributed by atoms with van der Waals surface area (Å²) in [6, 6.07) is 1.22. The second-order valence-electron chi connectivity index (χ2n) is 6.45. The van der Waals surface area contributed by atoms with Crippen molar-refractivity contribution >= 4 is 27.9 Å². The first-order valence-electron chi connectivity index (χ1n) is 9.36. The number of sulfonamides is 1. The predicted octanol–water partition coefficient (Wildman–Crippen LogP) is -1.53. The van der Waals surface area contributed by atoms with Gasteiger partial charge in [-0.3, -0.25) is 9.79 Å². The third-order valence-electron chi connectivity index (χ3n) is 3.98. The Bertz CT molecular complexity index is 842. The molecule has 1 aliphatic rings. The summed E-state index contributed by atoms with van der Waals surface area (Å²) in [6.45, 7) is 2.84. The molecule has 0 spiro atoms. The number of carboxylic acids is 1. The summed E-state index contributed by atoms with van der Waals surface area (Å²) >= 11 is 0. The van der Waals surface area contributed by atoms with Crippen molar-refractivity contribution < 1.29 is 32.4 Å². The molecule has 168 valence electrons. The number of nitrogens with zero attached hydrogens (tertiary/aromatic N) is 2. The van der Waals surface area contributed by atoms with Crippen LogP contribution in [0, 0.1) is 0 Å². The molecule has 0 fully saturated rings. The third-order valence-corrected chi connectivity index (χ3v) is 5.47. The molecule has 1 amide bonds. The smallest absolute Gasteiger partial charge is 0.348 e. The standard InChI is InChI=1S/C16H26N6O7S/c1-2-3-10-30(26,27)22-16(14(24)25,21-13(23)12-4-5-20-29-12)11-28-9-8-19-15-17-6-7-18-15/h4-5,22H,2-3,6-11H2,1H3,(H,21,23)(H,24,25)(H2,17,18,19). The number of aliphatic carboxylic acids is 1. The highest BCUT2D eigenvalue weighted by Gasteiger charge is 2.45. The zero-order valence-electron chi connectivity index (χ0n) is 16.5. The van der Waals surface area contributed by atoms with Gasteiger partial charge in [0.05, 0.1) is 31.7 Å². The van der Waals surface area contributed by atoms with Crippen LogP contribution in [0.2, 0.25) is 0 Å². The summed E-state index contributed by atoms with van der Waals surface area (Å²) in [5.74, 6) is -2.57. The maximum Gasteiger partial charge on any atom is 0.348 e. The van der Waals surface area contributed by atoms with E-state index in [0.29, 0.717) is 31.9 Å². The van der Waals surface area contributed by atoms with Gasteiger partial charge in [0.1, 0.15) is 0 Å². The topological polar surface area (TPSA) is 184 Å². The highest BCUT2D eigenvalue weighted by atomic mass is 32.2. The maximum atomic E-state index is 12.4. The van der Waals surface area contributed by atoms with Crippen LogP contribution in [0.15, 0.2) is 21.8 Å². The average molecular weight is 446 g/mol. The Morgan fingerprint density at radius 1 is 1.43 bits per heavy atom. The molecule has 0 bridgehead atoms. The number of nitrogens with one attached hydrogen (secondary N) is 4. The number of aromatic nitrogens is 1. The van der Waals surface area contributed by atoms with Gasteiger partial charge in [0.15, 0.2) is 5.96 Å². The summed E-state index contributed by atoms with van der Waals surface area (Å²) in [5, 5.41) is 21.3. The maximum absolute atomic E-state index is 12.4. The van der Waals surface area contributed by atoms with E-state index < -0.39 is 34.2 Å². The molecule has 2 rings (SSSR count). The van der Waals surface area contributed by atoms with E-state index in [1.54, 1.807) is 6.92 Å². The largest absolute Gasteiger partial charge is 0.478 e. The summed E-state index contributed by atoms with van der Waals surface area (Å²) in [6.07, 6.45) is 2.11. The van der Waals surface area contributed by atoms with Gasteiger partial charge in [-0.25, -0.2) is 13.2 Å². The lowest BCUT2D eigenvalue weighted by molar-refractivity contribution is -0.148. The van der Waals surface area contributed by atoms with Crippen molar-refractivity contribution in [3.05, 3.63) is 18.0 Å². The Hall–Kier alpha value is -2.71. The summed E-state index contributed by atoms with van der Waals surface area (Å²) < 4.78 is 36.9. The molecule has 1 aromatic rings. The molecule has 13 nitrogen and oxygen atoms in total. The second kappa shape index (κ2) is 10.9. The minimum atomic E-state index is -4.03. The molecule has 0 saturated carbocycles. The van der Waals surface area contributed by atoms with Crippen molar-refractivity contribution in [2.24, 2.45) is 4.99 Å². The van der Waals surface area contributed by atoms with E-state index in [4.69, 9.17) is 9.26 Å². The van der Waals surface area contributed by atoms with Crippen LogP contribution in [-0.4, -0.2) is 80.8 Å². The fraction of sp³-hybridized carbons (Fsp3) is 0.625. The van der Waals surface area contributed by atoms with E-state index in [9.17, 15) is 23.1 Å². The second-order valence-corrected chi connectivity index (χ2v) is 8.29. The quantitative estimate of drug-likeness (QED) is 0.176. The lowest BCUT2D eigenvalue weighted by atomic mass is 10.2. The highest BCUT2D eigenvalue weighted by molar-refractivity contribution is 7.89. The van der Waals surface area contributed by atoms with Crippen LogP contribution in [0.25, 0.3) is 0 Å². The Balaban J connectivity index is 2.08. The van der Waals surface area contributed by atoms with Gasteiger partial charge < -0.3 is 30.3 Å². The van der Waals surface area contributed by atoms with Crippen molar-refractivity contribution in [3.63, 3.8) is 0 Å². The molecular formula is C16H26N6O7S. The zero-order valence-corrected chi connectivity index (χ0v) is 17.3. The SMILES string of the molecule is CCCCS(=O)(=O)NC(COCCNC1=NCCN1)(NC(=O)c1ccno1)C(=O)O. The molecule has 0 aromatic carbocycles. The molecule has 1 aliphatic heterocycles.